The van der Waals surface area contributed by atoms with E-state index in [0.29, 0.717) is 33.3 Å². The van der Waals surface area contributed by atoms with Gasteiger partial charge in [-0.05, 0) is 49.4 Å². The number of aromatic nitrogens is 2. The number of benzene rings is 2. The van der Waals surface area contributed by atoms with Crippen molar-refractivity contribution in [1.29, 1.82) is 0 Å². The zero-order valence-electron chi connectivity index (χ0n) is 19.3. The van der Waals surface area contributed by atoms with Gasteiger partial charge in [-0.3, -0.25) is 14.2 Å². The summed E-state index contributed by atoms with van der Waals surface area (Å²) in [7, 11) is 2.83. The summed E-state index contributed by atoms with van der Waals surface area (Å²) < 4.78 is 16.9. The van der Waals surface area contributed by atoms with Gasteiger partial charge >= 0.3 is 5.97 Å². The summed E-state index contributed by atoms with van der Waals surface area (Å²) in [6.45, 7) is 1.86. The van der Waals surface area contributed by atoms with Gasteiger partial charge in [0.05, 0.1) is 48.7 Å². The number of hydrogen-bond donors (Lipinski definition) is 1. The lowest BCUT2D eigenvalue weighted by atomic mass is 10.1. The molecule has 2 heterocycles. The van der Waals surface area contributed by atoms with Gasteiger partial charge in [0.25, 0.3) is 5.56 Å². The lowest BCUT2D eigenvalue weighted by molar-refractivity contribution is -0.115. The average Bonchev–Trinajstić information content (AvgIpc) is 3.39. The number of methoxy groups -OCH3 is 2. The summed E-state index contributed by atoms with van der Waals surface area (Å²) in [5.74, 6) is 0.377. The van der Waals surface area contributed by atoms with Crippen LogP contribution in [0.25, 0.3) is 10.9 Å². The number of carbonyl (C=O) groups is 2. The predicted octanol–water partition coefficient (Wildman–Crippen LogP) is 3.95. The van der Waals surface area contributed by atoms with Crippen LogP contribution in [0.15, 0.2) is 75.2 Å². The summed E-state index contributed by atoms with van der Waals surface area (Å²) in [5.41, 5.74) is 0.877. The maximum atomic E-state index is 13.4. The van der Waals surface area contributed by atoms with E-state index >= 15 is 0 Å². The first kappa shape index (κ1) is 24.1. The Kier molecular flexibility index (Phi) is 7.21. The molecule has 10 heteroatoms. The number of nitrogens with zero attached hydrogens (tertiary/aromatic N) is 2. The standard InChI is InChI=1S/C25H23N3O6S/c1-15(22(29)26-17-6-4-7-18(13-17)32-2)35-25-27-21-12-16(24(31)33-3)9-10-20(21)23(30)28(25)14-19-8-5-11-34-19/h4-13,15H,14H2,1-3H3,(H,26,29). The monoisotopic (exact) mass is 493 g/mol. The van der Waals surface area contributed by atoms with Crippen LogP contribution in [0.4, 0.5) is 5.69 Å². The number of fused-ring (bicyclic) bond motifs is 1. The molecule has 4 rings (SSSR count). The van der Waals surface area contributed by atoms with Crippen molar-refractivity contribution >= 4 is 40.2 Å². The topological polar surface area (TPSA) is 113 Å². The van der Waals surface area contributed by atoms with E-state index in [0.717, 1.165) is 11.8 Å². The number of anilines is 1. The van der Waals surface area contributed by atoms with Crippen molar-refractivity contribution in [2.45, 2.75) is 23.9 Å². The van der Waals surface area contributed by atoms with E-state index in [4.69, 9.17) is 13.9 Å². The Labute approximate surface area is 205 Å². The molecule has 0 radical (unpaired) electrons. The molecule has 35 heavy (non-hydrogen) atoms. The van der Waals surface area contributed by atoms with Gasteiger partial charge in [-0.1, -0.05) is 17.8 Å². The highest BCUT2D eigenvalue weighted by molar-refractivity contribution is 8.00. The van der Waals surface area contributed by atoms with Crippen molar-refractivity contribution in [2.24, 2.45) is 0 Å². The maximum absolute atomic E-state index is 13.4. The fraction of sp³-hybridized carbons (Fsp3) is 0.200. The first-order valence-corrected chi connectivity index (χ1v) is 11.5. The van der Waals surface area contributed by atoms with E-state index in [2.05, 4.69) is 10.3 Å². The quantitative estimate of drug-likeness (QED) is 0.223. The van der Waals surface area contributed by atoms with E-state index in [1.807, 2.05) is 0 Å². The summed E-state index contributed by atoms with van der Waals surface area (Å²) >= 11 is 1.13. The SMILES string of the molecule is COC(=O)c1ccc2c(=O)n(Cc3ccco3)c(SC(C)C(=O)Nc3cccc(OC)c3)nc2c1. The third-order valence-corrected chi connectivity index (χ3v) is 6.31. The minimum atomic E-state index is -0.600. The van der Waals surface area contributed by atoms with Gasteiger partial charge in [0.1, 0.15) is 11.5 Å². The number of rotatable bonds is 8. The molecule has 180 valence electrons. The molecule has 0 aliphatic heterocycles. The number of ether oxygens (including phenoxy) is 2. The maximum Gasteiger partial charge on any atom is 0.337 e. The number of carbonyl (C=O) groups excluding carboxylic acids is 2. The van der Waals surface area contributed by atoms with Crippen molar-refractivity contribution in [3.8, 4) is 5.75 Å². The highest BCUT2D eigenvalue weighted by Crippen LogP contribution is 2.26. The third kappa shape index (κ3) is 5.38. The van der Waals surface area contributed by atoms with Crippen LogP contribution in [0.2, 0.25) is 0 Å². The number of hydrogen-bond acceptors (Lipinski definition) is 8. The molecule has 1 amide bonds. The van der Waals surface area contributed by atoms with Crippen molar-refractivity contribution in [2.75, 3.05) is 19.5 Å². The van der Waals surface area contributed by atoms with Crippen molar-refractivity contribution < 1.29 is 23.5 Å². The van der Waals surface area contributed by atoms with Crippen molar-refractivity contribution in [1.82, 2.24) is 9.55 Å². The molecule has 0 fully saturated rings. The fourth-order valence-corrected chi connectivity index (χ4v) is 4.30. The van der Waals surface area contributed by atoms with Crippen LogP contribution in [-0.4, -0.2) is 40.9 Å². The molecule has 0 aliphatic rings. The van der Waals surface area contributed by atoms with Crippen LogP contribution in [0.5, 0.6) is 5.75 Å². The van der Waals surface area contributed by atoms with Crippen LogP contribution in [0.3, 0.4) is 0 Å². The van der Waals surface area contributed by atoms with Gasteiger partial charge in [0.2, 0.25) is 5.91 Å². The summed E-state index contributed by atoms with van der Waals surface area (Å²) in [5, 5.41) is 2.90. The molecule has 0 spiro atoms. The molecular weight excluding hydrogens is 470 g/mol. The Morgan fingerprint density at radius 3 is 2.69 bits per heavy atom. The lowest BCUT2D eigenvalue weighted by Crippen LogP contribution is -2.27. The smallest absolute Gasteiger partial charge is 0.337 e. The molecule has 1 N–H and O–H groups in total. The second kappa shape index (κ2) is 10.5. The Bertz CT molecular complexity index is 1430. The zero-order valence-corrected chi connectivity index (χ0v) is 20.1. The molecule has 1 atom stereocenters. The molecule has 0 saturated heterocycles. The van der Waals surface area contributed by atoms with E-state index in [-0.39, 0.29) is 23.6 Å². The number of amides is 1. The van der Waals surface area contributed by atoms with Gasteiger partial charge in [-0.25, -0.2) is 9.78 Å². The van der Waals surface area contributed by atoms with Crippen molar-refractivity contribution in [3.05, 3.63) is 82.5 Å². The van der Waals surface area contributed by atoms with Gasteiger partial charge < -0.3 is 19.2 Å². The summed E-state index contributed by atoms with van der Waals surface area (Å²) in [4.78, 5) is 42.9. The Morgan fingerprint density at radius 1 is 1.14 bits per heavy atom. The van der Waals surface area contributed by atoms with Crippen LogP contribution in [0.1, 0.15) is 23.0 Å². The van der Waals surface area contributed by atoms with Crippen LogP contribution in [-0.2, 0) is 16.1 Å². The fourth-order valence-electron chi connectivity index (χ4n) is 3.39. The molecule has 1 unspecified atom stereocenters. The minimum absolute atomic E-state index is 0.139. The number of furan rings is 1. The van der Waals surface area contributed by atoms with Gasteiger partial charge in [0, 0.05) is 11.8 Å². The average molecular weight is 494 g/mol. The molecule has 0 bridgehead atoms. The van der Waals surface area contributed by atoms with Gasteiger partial charge in [0.15, 0.2) is 5.16 Å². The molecule has 4 aromatic rings. The zero-order chi connectivity index (χ0) is 24.9. The Hall–Kier alpha value is -4.05. The van der Waals surface area contributed by atoms with Crippen LogP contribution in [0, 0.1) is 0 Å². The van der Waals surface area contributed by atoms with E-state index < -0.39 is 11.2 Å². The number of thioether (sulfide) groups is 1. The number of esters is 1. The largest absolute Gasteiger partial charge is 0.497 e. The predicted molar refractivity (Wildman–Crippen MR) is 132 cm³/mol. The van der Waals surface area contributed by atoms with E-state index in [1.54, 1.807) is 56.5 Å². The molecule has 2 aromatic carbocycles. The van der Waals surface area contributed by atoms with E-state index in [1.165, 1.54) is 30.1 Å². The minimum Gasteiger partial charge on any atom is -0.497 e. The summed E-state index contributed by atoms with van der Waals surface area (Å²) in [6.07, 6.45) is 1.52. The first-order valence-electron chi connectivity index (χ1n) is 10.7. The summed E-state index contributed by atoms with van der Waals surface area (Å²) in [6, 6.07) is 15.1. The lowest BCUT2D eigenvalue weighted by Gasteiger charge is -2.16. The van der Waals surface area contributed by atoms with Crippen molar-refractivity contribution in [3.63, 3.8) is 0 Å². The molecular formula is C25H23N3O6S. The highest BCUT2D eigenvalue weighted by Gasteiger charge is 2.21. The normalized spacial score (nSPS) is 11.7. The second-order valence-corrected chi connectivity index (χ2v) is 8.88. The second-order valence-electron chi connectivity index (χ2n) is 7.57. The highest BCUT2D eigenvalue weighted by atomic mass is 32.2. The number of nitrogens with one attached hydrogen (secondary N) is 1. The molecule has 0 aliphatic carbocycles. The van der Waals surface area contributed by atoms with Gasteiger partial charge in [-0.15, -0.1) is 0 Å². The third-order valence-electron chi connectivity index (χ3n) is 5.22. The molecule has 9 nitrogen and oxygen atoms in total. The Morgan fingerprint density at radius 2 is 1.97 bits per heavy atom. The van der Waals surface area contributed by atoms with Crippen LogP contribution >= 0.6 is 11.8 Å². The molecule has 2 aromatic heterocycles. The van der Waals surface area contributed by atoms with E-state index in [9.17, 15) is 14.4 Å². The molecule has 0 saturated carbocycles. The van der Waals surface area contributed by atoms with Crippen LogP contribution < -0.4 is 15.6 Å². The first-order chi connectivity index (χ1) is 16.9. The Balaban J connectivity index is 1.69. The van der Waals surface area contributed by atoms with Gasteiger partial charge in [-0.2, -0.15) is 0 Å².